The van der Waals surface area contributed by atoms with Gasteiger partial charge in [0.25, 0.3) is 0 Å². The molecule has 0 amide bonds. The van der Waals surface area contributed by atoms with Crippen LogP contribution in [0.1, 0.15) is 37.9 Å². The highest BCUT2D eigenvalue weighted by atomic mass is 32.2. The van der Waals surface area contributed by atoms with Crippen molar-refractivity contribution in [3.05, 3.63) is 35.4 Å². The van der Waals surface area contributed by atoms with Gasteiger partial charge in [-0.15, -0.1) is 0 Å². The van der Waals surface area contributed by atoms with Crippen LogP contribution in [-0.2, 0) is 16.0 Å². The molecule has 7 heteroatoms. The Balaban J connectivity index is 3.37. The Hall–Kier alpha value is -1.08. The predicted molar refractivity (Wildman–Crippen MR) is 76.8 cm³/mol. The molecule has 0 spiro atoms. The summed E-state index contributed by atoms with van der Waals surface area (Å²) in [5.41, 5.74) is -0.477. The Morgan fingerprint density at radius 3 is 2.24 bits per heavy atom. The van der Waals surface area contributed by atoms with Gasteiger partial charge in [0.2, 0.25) is 0 Å². The highest BCUT2D eigenvalue weighted by molar-refractivity contribution is 7.92. The van der Waals surface area contributed by atoms with Gasteiger partial charge in [-0.3, -0.25) is 0 Å². The van der Waals surface area contributed by atoms with E-state index < -0.39 is 32.4 Å². The van der Waals surface area contributed by atoms with Crippen LogP contribution in [0, 0.1) is 0 Å². The largest absolute Gasteiger partial charge is 0.416 e. The lowest BCUT2D eigenvalue weighted by molar-refractivity contribution is -0.137. The molecule has 0 saturated carbocycles. The molecule has 1 aromatic rings. The zero-order chi connectivity index (χ0) is 16.5. The molecular weight excluding hydrogens is 303 g/mol. The molecule has 0 aliphatic rings. The summed E-state index contributed by atoms with van der Waals surface area (Å²) in [6.07, 6.45) is -3.37. The third kappa shape index (κ3) is 3.97. The average molecular weight is 323 g/mol. The van der Waals surface area contributed by atoms with Crippen LogP contribution in [0.4, 0.5) is 13.2 Å². The Morgan fingerprint density at radius 2 is 1.81 bits per heavy atom. The minimum Gasteiger partial charge on any atom is -0.309 e. The summed E-state index contributed by atoms with van der Waals surface area (Å²) in [5.74, 6) is 0. The van der Waals surface area contributed by atoms with Gasteiger partial charge in [-0.25, -0.2) is 8.42 Å². The molecule has 0 aromatic heterocycles. The third-order valence-electron chi connectivity index (χ3n) is 3.61. The molecule has 0 saturated heterocycles. The number of benzene rings is 1. The molecule has 0 aliphatic heterocycles. The van der Waals surface area contributed by atoms with Crippen LogP contribution < -0.4 is 5.32 Å². The lowest BCUT2D eigenvalue weighted by atomic mass is 9.93. The number of nitrogens with one attached hydrogen (secondary N) is 1. The fraction of sp³-hybridized carbons (Fsp3) is 0.571. The van der Waals surface area contributed by atoms with Crippen molar-refractivity contribution in [3.8, 4) is 0 Å². The highest BCUT2D eigenvalue weighted by Gasteiger charge is 2.40. The number of halogens is 3. The van der Waals surface area contributed by atoms with E-state index in [-0.39, 0.29) is 0 Å². The summed E-state index contributed by atoms with van der Waals surface area (Å²) < 4.78 is 61.1. The van der Waals surface area contributed by atoms with Crippen LogP contribution in [0.2, 0.25) is 0 Å². The number of hydrogen-bond donors (Lipinski definition) is 1. The first kappa shape index (κ1) is 18.0. The fourth-order valence-electron chi connectivity index (χ4n) is 2.08. The van der Waals surface area contributed by atoms with Gasteiger partial charge in [0.1, 0.15) is 0 Å². The van der Waals surface area contributed by atoms with Crippen LogP contribution in [0.25, 0.3) is 0 Å². The molecule has 1 rings (SSSR count). The Bertz CT molecular complexity index is 594. The first-order chi connectivity index (χ1) is 9.41. The first-order valence-corrected chi connectivity index (χ1v) is 8.40. The molecule has 1 atom stereocenters. The molecule has 1 N–H and O–H groups in total. The third-order valence-corrected chi connectivity index (χ3v) is 5.75. The lowest BCUT2D eigenvalue weighted by Crippen LogP contribution is -2.45. The summed E-state index contributed by atoms with van der Waals surface area (Å²) in [7, 11) is -3.46. The van der Waals surface area contributed by atoms with E-state index in [1.807, 2.05) is 0 Å². The van der Waals surface area contributed by atoms with Crippen LogP contribution >= 0.6 is 0 Å². The summed E-state index contributed by atoms with van der Waals surface area (Å²) in [5, 5.41) is 2.98. The van der Waals surface area contributed by atoms with Crippen molar-refractivity contribution in [2.24, 2.45) is 0 Å². The minimum atomic E-state index is -4.46. The lowest BCUT2D eigenvalue weighted by Gasteiger charge is -2.34. The van der Waals surface area contributed by atoms with Crippen LogP contribution in [0.5, 0.6) is 0 Å². The molecule has 1 aromatic carbocycles. The molecule has 3 nitrogen and oxygen atoms in total. The molecule has 120 valence electrons. The van der Waals surface area contributed by atoms with Crippen LogP contribution in [-0.4, -0.2) is 26.0 Å². The van der Waals surface area contributed by atoms with Crippen molar-refractivity contribution >= 4 is 9.84 Å². The van der Waals surface area contributed by atoms with E-state index in [0.717, 1.165) is 18.4 Å². The van der Waals surface area contributed by atoms with Crippen molar-refractivity contribution in [2.45, 2.75) is 37.7 Å². The standard InChI is InChI=1S/C14H20F3NO2S/c1-5-18-12(13(2,3)21(4,19)20)10-7-6-8-11(9-10)14(15,16)17/h6-9,12,18H,5H2,1-4H3. The second-order valence-electron chi connectivity index (χ2n) is 5.49. The maximum Gasteiger partial charge on any atom is 0.416 e. The smallest absolute Gasteiger partial charge is 0.309 e. The van der Waals surface area contributed by atoms with Crippen molar-refractivity contribution in [3.63, 3.8) is 0 Å². The molecule has 21 heavy (non-hydrogen) atoms. The Kier molecular flexibility index (Phi) is 5.10. The number of alkyl halides is 3. The van der Waals surface area contributed by atoms with Gasteiger partial charge < -0.3 is 5.32 Å². The van der Waals surface area contributed by atoms with Crippen molar-refractivity contribution < 1.29 is 21.6 Å². The molecule has 0 bridgehead atoms. The van der Waals surface area contributed by atoms with Crippen molar-refractivity contribution in [1.82, 2.24) is 5.32 Å². The Morgan fingerprint density at radius 1 is 1.24 bits per heavy atom. The zero-order valence-corrected chi connectivity index (χ0v) is 13.3. The molecule has 1 unspecified atom stereocenters. The van der Waals surface area contributed by atoms with Crippen molar-refractivity contribution in [1.29, 1.82) is 0 Å². The van der Waals surface area contributed by atoms with Crippen LogP contribution in [0.3, 0.4) is 0 Å². The van der Waals surface area contributed by atoms with E-state index in [4.69, 9.17) is 0 Å². The summed E-state index contributed by atoms with van der Waals surface area (Å²) in [6, 6.07) is 4.05. The Labute approximate surface area is 123 Å². The van der Waals surface area contributed by atoms with Gasteiger partial charge >= 0.3 is 6.18 Å². The molecule has 0 heterocycles. The number of sulfone groups is 1. The molecule has 0 aliphatic carbocycles. The molecular formula is C14H20F3NO2S. The second kappa shape index (κ2) is 5.96. The first-order valence-electron chi connectivity index (χ1n) is 6.51. The average Bonchev–Trinajstić information content (AvgIpc) is 2.33. The van der Waals surface area contributed by atoms with E-state index >= 15 is 0 Å². The number of rotatable bonds is 5. The van der Waals surface area contributed by atoms with Crippen molar-refractivity contribution in [2.75, 3.05) is 12.8 Å². The SMILES string of the molecule is CCNC(c1cccc(C(F)(F)F)c1)C(C)(C)S(C)(=O)=O. The van der Waals surface area contributed by atoms with Gasteiger partial charge in [0.05, 0.1) is 16.4 Å². The quantitative estimate of drug-likeness (QED) is 0.905. The summed E-state index contributed by atoms with van der Waals surface area (Å²) in [4.78, 5) is 0. The van der Waals surface area contributed by atoms with E-state index in [9.17, 15) is 21.6 Å². The van der Waals surface area contributed by atoms with E-state index in [1.54, 1.807) is 6.92 Å². The number of hydrogen-bond acceptors (Lipinski definition) is 3. The maximum atomic E-state index is 12.8. The predicted octanol–water partition coefficient (Wildman–Crippen LogP) is 3.18. The van der Waals surface area contributed by atoms with Gasteiger partial charge in [0.15, 0.2) is 9.84 Å². The summed E-state index contributed by atoms with van der Waals surface area (Å²) >= 11 is 0. The molecule has 0 fully saturated rings. The normalized spacial score (nSPS) is 15.0. The van der Waals surface area contributed by atoms with Gasteiger partial charge in [-0.2, -0.15) is 13.2 Å². The topological polar surface area (TPSA) is 46.2 Å². The van der Waals surface area contributed by atoms with Gasteiger partial charge in [-0.05, 0) is 38.1 Å². The monoisotopic (exact) mass is 323 g/mol. The summed E-state index contributed by atoms with van der Waals surface area (Å²) in [6.45, 7) is 5.24. The van der Waals surface area contributed by atoms with Gasteiger partial charge in [0, 0.05) is 6.26 Å². The minimum absolute atomic E-state index is 0.308. The zero-order valence-electron chi connectivity index (χ0n) is 12.5. The maximum absolute atomic E-state index is 12.8. The fourth-order valence-corrected chi connectivity index (χ4v) is 2.73. The van der Waals surface area contributed by atoms with E-state index in [0.29, 0.717) is 12.1 Å². The van der Waals surface area contributed by atoms with E-state index in [1.165, 1.54) is 26.0 Å². The van der Waals surface area contributed by atoms with Crippen LogP contribution in [0.15, 0.2) is 24.3 Å². The second-order valence-corrected chi connectivity index (χ2v) is 8.09. The highest BCUT2D eigenvalue weighted by Crippen LogP contribution is 2.35. The van der Waals surface area contributed by atoms with Gasteiger partial charge in [-0.1, -0.05) is 19.1 Å². The molecule has 0 radical (unpaired) electrons. The van der Waals surface area contributed by atoms with E-state index in [2.05, 4.69) is 5.32 Å².